The molecule has 0 spiro atoms. The highest BCUT2D eigenvalue weighted by Gasteiger charge is 1.94. The zero-order chi connectivity index (χ0) is 21.8. The average Bonchev–Trinajstić information content (AvgIpc) is 2.76. The molecule has 181 valence electrons. The molecule has 0 saturated heterocycles. The Labute approximate surface area is 188 Å². The molecule has 30 heavy (non-hydrogen) atoms. The van der Waals surface area contributed by atoms with Crippen molar-refractivity contribution in [2.45, 2.75) is 71.1 Å². The van der Waals surface area contributed by atoms with Gasteiger partial charge in [0.15, 0.2) is 0 Å². The normalized spacial score (nSPS) is 11.4. The van der Waals surface area contributed by atoms with Crippen molar-refractivity contribution in [3.63, 3.8) is 0 Å². The predicted octanol–water partition coefficient (Wildman–Crippen LogP) is 2.28. The van der Waals surface area contributed by atoms with E-state index < -0.39 is 0 Å². The number of rotatable bonds is 27. The summed E-state index contributed by atoms with van der Waals surface area (Å²) in [5.41, 5.74) is 0. The van der Waals surface area contributed by atoms with Gasteiger partial charge in [-0.25, -0.2) is 0 Å². The van der Waals surface area contributed by atoms with Crippen molar-refractivity contribution in [3.8, 4) is 0 Å². The first-order valence-electron chi connectivity index (χ1n) is 12.9. The molecular formula is C24H55N6. The summed E-state index contributed by atoms with van der Waals surface area (Å²) in [6.45, 7) is 18.3. The van der Waals surface area contributed by atoms with Crippen molar-refractivity contribution in [1.29, 1.82) is 0 Å². The lowest BCUT2D eigenvalue weighted by molar-refractivity contribution is 0.533. The minimum atomic E-state index is 0.802. The molecule has 0 aliphatic heterocycles. The monoisotopic (exact) mass is 427 g/mol. The number of hydrogen-bond donors (Lipinski definition) is 6. The molecule has 0 unspecified atom stereocenters. The van der Waals surface area contributed by atoms with Crippen molar-refractivity contribution < 1.29 is 0 Å². The quantitative estimate of drug-likeness (QED) is 0.113. The highest BCUT2D eigenvalue weighted by molar-refractivity contribution is 4.59. The Morgan fingerprint density at radius 3 is 1.03 bits per heavy atom. The van der Waals surface area contributed by atoms with Gasteiger partial charge < -0.3 is 31.9 Å². The standard InChI is InChI=1S/C24H55N6/c1-3-5-6-7-8-9-10-11-12-13-14-26-17-18-28-21-22-30-24-23-29-20-19-27-16-15-25-4-2/h25-30H,2-24H2,1H3. The van der Waals surface area contributed by atoms with E-state index in [2.05, 4.69) is 45.7 Å². The third-order valence-corrected chi connectivity index (χ3v) is 5.28. The van der Waals surface area contributed by atoms with Gasteiger partial charge in [0.2, 0.25) is 0 Å². The molecule has 0 rings (SSSR count). The largest absolute Gasteiger partial charge is 0.315 e. The van der Waals surface area contributed by atoms with Gasteiger partial charge in [-0.1, -0.05) is 64.7 Å². The molecule has 6 heteroatoms. The second-order valence-corrected chi connectivity index (χ2v) is 8.18. The molecule has 0 heterocycles. The average molecular weight is 428 g/mol. The topological polar surface area (TPSA) is 72.2 Å². The lowest BCUT2D eigenvalue weighted by Gasteiger charge is -2.09. The van der Waals surface area contributed by atoms with Crippen LogP contribution >= 0.6 is 0 Å². The molecule has 0 aromatic heterocycles. The van der Waals surface area contributed by atoms with E-state index in [1.165, 1.54) is 70.8 Å². The van der Waals surface area contributed by atoms with Crippen molar-refractivity contribution in [2.24, 2.45) is 0 Å². The van der Waals surface area contributed by atoms with Crippen LogP contribution in [-0.2, 0) is 0 Å². The summed E-state index contributed by atoms with van der Waals surface area (Å²) in [5, 5.41) is 20.6. The molecular weight excluding hydrogens is 372 g/mol. The van der Waals surface area contributed by atoms with E-state index in [9.17, 15) is 0 Å². The molecule has 0 amide bonds. The van der Waals surface area contributed by atoms with E-state index in [1.54, 1.807) is 0 Å². The van der Waals surface area contributed by atoms with Crippen LogP contribution in [0.1, 0.15) is 71.1 Å². The van der Waals surface area contributed by atoms with Crippen LogP contribution < -0.4 is 31.9 Å². The van der Waals surface area contributed by atoms with E-state index in [1.807, 2.05) is 0 Å². The first kappa shape index (κ1) is 29.8. The lowest BCUT2D eigenvalue weighted by atomic mass is 10.1. The summed E-state index contributed by atoms with van der Waals surface area (Å²) in [6, 6.07) is 0. The molecule has 6 N–H and O–H groups in total. The number of nitrogens with one attached hydrogen (secondary N) is 6. The molecule has 6 nitrogen and oxygen atoms in total. The van der Waals surface area contributed by atoms with Gasteiger partial charge in [0.05, 0.1) is 0 Å². The van der Waals surface area contributed by atoms with Gasteiger partial charge in [-0.3, -0.25) is 0 Å². The van der Waals surface area contributed by atoms with E-state index in [-0.39, 0.29) is 0 Å². The van der Waals surface area contributed by atoms with Crippen LogP contribution in [0.4, 0.5) is 0 Å². The smallest absolute Gasteiger partial charge is 0.00772 e. The van der Waals surface area contributed by atoms with Gasteiger partial charge in [-0.05, 0) is 26.4 Å². The highest BCUT2D eigenvalue weighted by Crippen LogP contribution is 2.10. The molecule has 0 saturated carbocycles. The van der Waals surface area contributed by atoms with Crippen LogP contribution in [0.25, 0.3) is 0 Å². The Balaban J connectivity index is 2.97. The van der Waals surface area contributed by atoms with Gasteiger partial charge in [0.1, 0.15) is 0 Å². The van der Waals surface area contributed by atoms with Crippen LogP contribution in [-0.4, -0.2) is 78.5 Å². The first-order chi connectivity index (χ1) is 14.9. The Morgan fingerprint density at radius 2 is 0.667 bits per heavy atom. The molecule has 1 radical (unpaired) electrons. The predicted molar refractivity (Wildman–Crippen MR) is 134 cm³/mol. The second-order valence-electron chi connectivity index (χ2n) is 8.18. The van der Waals surface area contributed by atoms with Gasteiger partial charge >= 0.3 is 0 Å². The van der Waals surface area contributed by atoms with Crippen LogP contribution in [0.15, 0.2) is 0 Å². The molecule has 0 bridgehead atoms. The van der Waals surface area contributed by atoms with Crippen LogP contribution in [0, 0.1) is 6.92 Å². The minimum Gasteiger partial charge on any atom is -0.315 e. The fourth-order valence-corrected chi connectivity index (χ4v) is 3.37. The lowest BCUT2D eigenvalue weighted by Crippen LogP contribution is -2.37. The van der Waals surface area contributed by atoms with Crippen LogP contribution in [0.2, 0.25) is 0 Å². The SMILES string of the molecule is [CH2]CNCCNCCNCCNCCNCCNCCCCCCCCCCCC. The third kappa shape index (κ3) is 27.8. The zero-order valence-corrected chi connectivity index (χ0v) is 20.3. The summed E-state index contributed by atoms with van der Waals surface area (Å²) in [6.07, 6.45) is 14.1. The van der Waals surface area contributed by atoms with Crippen molar-refractivity contribution in [3.05, 3.63) is 6.92 Å². The number of hydrogen-bond acceptors (Lipinski definition) is 6. The summed E-state index contributed by atoms with van der Waals surface area (Å²) >= 11 is 0. The van der Waals surface area contributed by atoms with Gasteiger partial charge in [0.25, 0.3) is 0 Å². The molecule has 0 aliphatic rings. The summed E-state index contributed by atoms with van der Waals surface area (Å²) < 4.78 is 0. The van der Waals surface area contributed by atoms with Crippen LogP contribution in [0.3, 0.4) is 0 Å². The third-order valence-electron chi connectivity index (χ3n) is 5.28. The Bertz CT molecular complexity index is 263. The fourth-order valence-electron chi connectivity index (χ4n) is 3.37. The van der Waals surface area contributed by atoms with Crippen molar-refractivity contribution >= 4 is 0 Å². The van der Waals surface area contributed by atoms with E-state index in [0.29, 0.717) is 0 Å². The van der Waals surface area contributed by atoms with Gasteiger partial charge in [-0.15, -0.1) is 0 Å². The summed E-state index contributed by atoms with van der Waals surface area (Å²) in [4.78, 5) is 0. The Hall–Kier alpha value is -0.240. The fraction of sp³-hybridized carbons (Fsp3) is 0.958. The summed E-state index contributed by atoms with van der Waals surface area (Å²) in [5.74, 6) is 0. The van der Waals surface area contributed by atoms with E-state index >= 15 is 0 Å². The van der Waals surface area contributed by atoms with Gasteiger partial charge in [-0.2, -0.15) is 0 Å². The Morgan fingerprint density at radius 1 is 0.367 bits per heavy atom. The minimum absolute atomic E-state index is 0.802. The molecule has 0 fully saturated rings. The molecule has 0 aromatic carbocycles. The first-order valence-corrected chi connectivity index (χ1v) is 12.9. The van der Waals surface area contributed by atoms with Crippen LogP contribution in [0.5, 0.6) is 0 Å². The number of unbranched alkanes of at least 4 members (excludes halogenated alkanes) is 9. The van der Waals surface area contributed by atoms with E-state index in [0.717, 1.165) is 72.0 Å². The van der Waals surface area contributed by atoms with E-state index in [4.69, 9.17) is 0 Å². The van der Waals surface area contributed by atoms with Gasteiger partial charge in [0, 0.05) is 65.4 Å². The zero-order valence-electron chi connectivity index (χ0n) is 20.3. The molecule has 0 aliphatic carbocycles. The maximum Gasteiger partial charge on any atom is 0.00772 e. The van der Waals surface area contributed by atoms with Crippen molar-refractivity contribution in [1.82, 2.24) is 31.9 Å². The van der Waals surface area contributed by atoms with Crippen molar-refractivity contribution in [2.75, 3.05) is 78.5 Å². The summed E-state index contributed by atoms with van der Waals surface area (Å²) in [7, 11) is 0. The maximum absolute atomic E-state index is 3.75. The second kappa shape index (κ2) is 28.8. The highest BCUT2D eigenvalue weighted by atomic mass is 15.0. The Kier molecular flexibility index (Phi) is 28.5. The molecule has 0 atom stereocenters. The molecule has 0 aromatic rings. The maximum atomic E-state index is 3.75.